The highest BCUT2D eigenvalue weighted by Gasteiger charge is 2.27. The van der Waals surface area contributed by atoms with Crippen molar-refractivity contribution in [3.05, 3.63) is 29.6 Å². The van der Waals surface area contributed by atoms with Crippen molar-refractivity contribution < 1.29 is 9.59 Å². The topological polar surface area (TPSA) is 50.3 Å². The van der Waals surface area contributed by atoms with Crippen LogP contribution in [0.15, 0.2) is 18.3 Å². The molecule has 0 aromatic carbocycles. The van der Waals surface area contributed by atoms with E-state index < -0.39 is 5.41 Å². The van der Waals surface area contributed by atoms with E-state index in [1.807, 2.05) is 20.8 Å². The van der Waals surface area contributed by atoms with Gasteiger partial charge in [-0.15, -0.1) is 0 Å². The van der Waals surface area contributed by atoms with Crippen molar-refractivity contribution in [1.82, 2.24) is 9.88 Å². The van der Waals surface area contributed by atoms with E-state index in [1.165, 1.54) is 0 Å². The Labute approximate surface area is 146 Å². The van der Waals surface area contributed by atoms with Crippen molar-refractivity contribution in [1.29, 1.82) is 0 Å². The highest BCUT2D eigenvalue weighted by Crippen LogP contribution is 2.23. The average molecular weight is 332 g/mol. The summed E-state index contributed by atoms with van der Waals surface area (Å²) < 4.78 is 0. The molecule has 0 aliphatic heterocycles. The van der Waals surface area contributed by atoms with Gasteiger partial charge in [-0.2, -0.15) is 0 Å². The minimum absolute atomic E-state index is 0.0381. The second kappa shape index (κ2) is 8.02. The summed E-state index contributed by atoms with van der Waals surface area (Å²) in [7, 11) is 2.07. The lowest BCUT2D eigenvalue weighted by Gasteiger charge is -2.26. The van der Waals surface area contributed by atoms with Gasteiger partial charge in [0.05, 0.1) is 0 Å². The molecule has 0 saturated carbocycles. The van der Waals surface area contributed by atoms with E-state index in [0.717, 1.165) is 19.5 Å². The van der Waals surface area contributed by atoms with E-state index in [9.17, 15) is 9.59 Å². The molecule has 24 heavy (non-hydrogen) atoms. The first-order valence-electron chi connectivity index (χ1n) is 8.63. The summed E-state index contributed by atoms with van der Waals surface area (Å²) in [4.78, 5) is 31.5. The van der Waals surface area contributed by atoms with Gasteiger partial charge in [0.1, 0.15) is 5.69 Å². The van der Waals surface area contributed by atoms with Gasteiger partial charge in [-0.3, -0.25) is 14.6 Å². The highest BCUT2D eigenvalue weighted by molar-refractivity contribution is 6.09. The fourth-order valence-electron chi connectivity index (χ4n) is 2.73. The maximum absolute atomic E-state index is 12.5. The Morgan fingerprint density at radius 1 is 1.12 bits per heavy atom. The molecule has 0 atom stereocenters. The van der Waals surface area contributed by atoms with Gasteiger partial charge in [-0.1, -0.05) is 41.5 Å². The highest BCUT2D eigenvalue weighted by atomic mass is 16.1. The van der Waals surface area contributed by atoms with Gasteiger partial charge < -0.3 is 4.90 Å². The normalized spacial score (nSPS) is 12.5. The number of aromatic nitrogens is 1. The molecule has 4 nitrogen and oxygen atoms in total. The zero-order valence-corrected chi connectivity index (χ0v) is 16.3. The Bertz CT molecular complexity index is 580. The number of nitrogens with zero attached hydrogens (tertiary/aromatic N) is 2. The third kappa shape index (κ3) is 6.52. The van der Waals surface area contributed by atoms with Crippen molar-refractivity contribution in [2.45, 2.75) is 54.4 Å². The summed E-state index contributed by atoms with van der Waals surface area (Å²) in [6.45, 7) is 14.0. The van der Waals surface area contributed by atoms with E-state index in [0.29, 0.717) is 17.7 Å². The minimum Gasteiger partial charge on any atom is -0.306 e. The summed E-state index contributed by atoms with van der Waals surface area (Å²) in [5.74, 6) is -0.0869. The Morgan fingerprint density at radius 2 is 1.75 bits per heavy atom. The molecule has 0 amide bonds. The predicted octanol–water partition coefficient (Wildman–Crippen LogP) is 4.25. The van der Waals surface area contributed by atoms with E-state index in [4.69, 9.17) is 0 Å². The first kappa shape index (κ1) is 20.5. The van der Waals surface area contributed by atoms with Gasteiger partial charge in [0.2, 0.25) is 0 Å². The Kier molecular flexibility index (Phi) is 6.85. The van der Waals surface area contributed by atoms with Crippen LogP contribution < -0.4 is 0 Å². The number of hydrogen-bond acceptors (Lipinski definition) is 4. The Morgan fingerprint density at radius 3 is 2.29 bits per heavy atom. The van der Waals surface area contributed by atoms with Gasteiger partial charge in [0.15, 0.2) is 11.6 Å². The van der Waals surface area contributed by atoms with Crippen LogP contribution >= 0.6 is 0 Å². The molecule has 0 radical (unpaired) electrons. The minimum atomic E-state index is -0.523. The van der Waals surface area contributed by atoms with Crippen LogP contribution in [0, 0.1) is 10.8 Å². The number of carbonyl (C=O) groups is 2. The van der Waals surface area contributed by atoms with Crippen molar-refractivity contribution >= 4 is 11.6 Å². The molecular formula is C20H32N2O2. The standard InChI is InChI=1S/C20H32N2O2/c1-19(2,3)14-22(7)13-9-11-16(23)17-15(10-8-12-21-17)18(24)20(4,5)6/h8,10,12H,9,11,13-14H2,1-7H3. The second-order valence-corrected chi connectivity index (χ2v) is 8.80. The molecule has 1 aromatic heterocycles. The zero-order chi connectivity index (χ0) is 18.5. The van der Waals surface area contributed by atoms with Crippen LogP contribution in [0.1, 0.15) is 75.2 Å². The predicted molar refractivity (Wildman–Crippen MR) is 98.5 cm³/mol. The summed E-state index contributed by atoms with van der Waals surface area (Å²) in [6, 6.07) is 3.42. The van der Waals surface area contributed by atoms with Crippen LogP contribution in [0.3, 0.4) is 0 Å². The molecule has 1 rings (SSSR count). The van der Waals surface area contributed by atoms with Crippen LogP contribution in [-0.4, -0.2) is 41.6 Å². The van der Waals surface area contributed by atoms with Crippen LogP contribution in [0.2, 0.25) is 0 Å². The molecule has 0 aliphatic carbocycles. The molecule has 0 bridgehead atoms. The SMILES string of the molecule is CN(CCCC(=O)c1ncccc1C(=O)C(C)(C)C)CC(C)(C)C. The summed E-state index contributed by atoms with van der Waals surface area (Å²) in [5, 5.41) is 0. The number of hydrogen-bond donors (Lipinski definition) is 0. The third-order valence-electron chi connectivity index (χ3n) is 3.69. The largest absolute Gasteiger partial charge is 0.306 e. The maximum Gasteiger partial charge on any atom is 0.181 e. The van der Waals surface area contributed by atoms with Crippen molar-refractivity contribution in [3.63, 3.8) is 0 Å². The molecule has 0 saturated heterocycles. The number of pyridine rings is 1. The van der Waals surface area contributed by atoms with Gasteiger partial charge >= 0.3 is 0 Å². The van der Waals surface area contributed by atoms with Gasteiger partial charge in [-0.05, 0) is 37.6 Å². The molecule has 0 fully saturated rings. The van der Waals surface area contributed by atoms with Crippen molar-refractivity contribution in [2.75, 3.05) is 20.1 Å². The third-order valence-corrected chi connectivity index (χ3v) is 3.69. The molecule has 1 heterocycles. The lowest BCUT2D eigenvalue weighted by atomic mass is 9.85. The lowest BCUT2D eigenvalue weighted by molar-refractivity contribution is 0.0847. The van der Waals surface area contributed by atoms with Crippen LogP contribution in [0.5, 0.6) is 0 Å². The smallest absolute Gasteiger partial charge is 0.181 e. The Hall–Kier alpha value is -1.55. The van der Waals surface area contributed by atoms with Crippen LogP contribution in [0.4, 0.5) is 0 Å². The van der Waals surface area contributed by atoms with Crippen LogP contribution in [0.25, 0.3) is 0 Å². The molecule has 0 unspecified atom stereocenters. The number of Topliss-reactive ketones (excluding diaryl/α,β-unsaturated/α-hetero) is 2. The first-order chi connectivity index (χ1) is 10.9. The summed E-state index contributed by atoms with van der Waals surface area (Å²) >= 11 is 0. The molecule has 1 aromatic rings. The average Bonchev–Trinajstić information content (AvgIpc) is 2.43. The van der Waals surface area contributed by atoms with E-state index in [-0.39, 0.29) is 17.0 Å². The van der Waals surface area contributed by atoms with Crippen molar-refractivity contribution in [2.24, 2.45) is 10.8 Å². The number of carbonyl (C=O) groups excluding carboxylic acids is 2. The number of ketones is 2. The summed E-state index contributed by atoms with van der Waals surface area (Å²) in [5.41, 5.74) is 0.478. The molecule has 134 valence electrons. The van der Waals surface area contributed by atoms with Gasteiger partial charge in [0.25, 0.3) is 0 Å². The second-order valence-electron chi connectivity index (χ2n) is 8.80. The van der Waals surface area contributed by atoms with Crippen LogP contribution in [-0.2, 0) is 0 Å². The fraction of sp³-hybridized carbons (Fsp3) is 0.650. The summed E-state index contributed by atoms with van der Waals surface area (Å²) in [6.07, 6.45) is 2.76. The van der Waals surface area contributed by atoms with E-state index in [1.54, 1.807) is 18.3 Å². The molecular weight excluding hydrogens is 300 g/mol. The lowest BCUT2D eigenvalue weighted by Crippen LogP contribution is -2.30. The molecule has 0 N–H and O–H groups in total. The first-order valence-corrected chi connectivity index (χ1v) is 8.63. The van der Waals surface area contributed by atoms with Crippen molar-refractivity contribution in [3.8, 4) is 0 Å². The monoisotopic (exact) mass is 332 g/mol. The van der Waals surface area contributed by atoms with E-state index in [2.05, 4.69) is 37.7 Å². The van der Waals surface area contributed by atoms with Gasteiger partial charge in [-0.25, -0.2) is 0 Å². The molecule has 0 aliphatic rings. The molecule has 0 spiro atoms. The molecule has 4 heteroatoms. The zero-order valence-electron chi connectivity index (χ0n) is 16.3. The quantitative estimate of drug-likeness (QED) is 0.700. The Balaban J connectivity index is 2.71. The van der Waals surface area contributed by atoms with Gasteiger partial charge in [0, 0.05) is 30.1 Å². The maximum atomic E-state index is 12.5. The van der Waals surface area contributed by atoms with E-state index >= 15 is 0 Å². The number of rotatable bonds is 7. The fourth-order valence-corrected chi connectivity index (χ4v) is 2.73.